The molecule has 3 aromatic rings. The molecule has 1 amide bonds. The van der Waals surface area contributed by atoms with E-state index < -0.39 is 5.54 Å². The number of rotatable bonds is 5. The van der Waals surface area contributed by atoms with Crippen LogP contribution in [0.3, 0.4) is 0 Å². The highest BCUT2D eigenvalue weighted by atomic mass is 32.1. The summed E-state index contributed by atoms with van der Waals surface area (Å²) in [5, 5.41) is 9.17. The molecule has 0 spiro atoms. The van der Waals surface area contributed by atoms with Crippen LogP contribution in [0, 0.1) is 0 Å². The van der Waals surface area contributed by atoms with E-state index in [-0.39, 0.29) is 11.5 Å². The van der Waals surface area contributed by atoms with E-state index in [4.69, 9.17) is 4.74 Å². The number of anilines is 1. The molecule has 0 atom stereocenters. The quantitative estimate of drug-likeness (QED) is 0.748. The molecule has 7 heteroatoms. The Morgan fingerprint density at radius 3 is 2.62 bits per heavy atom. The summed E-state index contributed by atoms with van der Waals surface area (Å²) >= 11 is 1.52. The number of carbonyl (C=O) groups excluding carboxylic acids is 1. The van der Waals surface area contributed by atoms with Crippen LogP contribution in [0.2, 0.25) is 0 Å². The predicted octanol–water partition coefficient (Wildman–Crippen LogP) is 3.35. The highest BCUT2D eigenvalue weighted by molar-refractivity contribution is 7.13. The van der Waals surface area contributed by atoms with E-state index in [0.717, 1.165) is 4.88 Å². The predicted molar refractivity (Wildman–Crippen MR) is 103 cm³/mol. The molecule has 0 aliphatic carbocycles. The van der Waals surface area contributed by atoms with Crippen LogP contribution in [0.15, 0.2) is 58.7 Å². The molecule has 1 aromatic carbocycles. The number of hydrogen-bond acceptors (Lipinski definition) is 5. The van der Waals surface area contributed by atoms with Crippen molar-refractivity contribution in [3.8, 4) is 16.3 Å². The van der Waals surface area contributed by atoms with Gasteiger partial charge in [0.25, 0.3) is 11.5 Å². The molecule has 0 saturated heterocycles. The number of thiophene rings is 1. The lowest BCUT2D eigenvalue weighted by molar-refractivity contribution is -0.123. The number of methoxy groups -OCH3 is 1. The number of para-hydroxylation sites is 2. The number of nitrogens with zero attached hydrogens (tertiary/aromatic N) is 2. The lowest BCUT2D eigenvalue weighted by Gasteiger charge is -2.25. The van der Waals surface area contributed by atoms with Crippen molar-refractivity contribution < 1.29 is 9.53 Å². The largest absolute Gasteiger partial charge is 0.495 e. The number of ether oxygens (including phenoxy) is 1. The molecule has 26 heavy (non-hydrogen) atoms. The molecule has 0 radical (unpaired) electrons. The second-order valence-corrected chi connectivity index (χ2v) is 7.11. The first-order valence-electron chi connectivity index (χ1n) is 8.02. The SMILES string of the molecule is COc1ccccc1NC(=O)C(C)(C)n1nc(-c2cccs2)ccc1=O. The molecular formula is C19H19N3O3S. The van der Waals surface area contributed by atoms with Crippen molar-refractivity contribution in [2.45, 2.75) is 19.4 Å². The molecule has 2 aromatic heterocycles. The fourth-order valence-corrected chi connectivity index (χ4v) is 3.18. The average Bonchev–Trinajstić information content (AvgIpc) is 3.17. The highest BCUT2D eigenvalue weighted by Gasteiger charge is 2.32. The Bertz CT molecular complexity index is 978. The smallest absolute Gasteiger partial charge is 0.267 e. The Balaban J connectivity index is 1.95. The van der Waals surface area contributed by atoms with Gasteiger partial charge in [0.15, 0.2) is 0 Å². The third kappa shape index (κ3) is 3.39. The maximum absolute atomic E-state index is 12.9. The van der Waals surface area contributed by atoms with Crippen LogP contribution < -0.4 is 15.6 Å². The van der Waals surface area contributed by atoms with Gasteiger partial charge in [-0.25, -0.2) is 4.68 Å². The van der Waals surface area contributed by atoms with E-state index in [2.05, 4.69) is 10.4 Å². The van der Waals surface area contributed by atoms with Gasteiger partial charge in [-0.1, -0.05) is 18.2 Å². The molecule has 0 aliphatic heterocycles. The summed E-state index contributed by atoms with van der Waals surface area (Å²) in [5.41, 5.74) is -0.343. The van der Waals surface area contributed by atoms with Crippen molar-refractivity contribution >= 4 is 22.9 Å². The number of aromatic nitrogens is 2. The summed E-state index contributed by atoms with van der Waals surface area (Å²) in [6.45, 7) is 3.31. The topological polar surface area (TPSA) is 73.2 Å². The summed E-state index contributed by atoms with van der Waals surface area (Å²) in [5.74, 6) is 0.184. The monoisotopic (exact) mass is 369 g/mol. The van der Waals surface area contributed by atoms with Crippen LogP contribution in [0.4, 0.5) is 5.69 Å². The average molecular weight is 369 g/mol. The standard InChI is InChI=1S/C19H19N3O3S/c1-19(2,18(24)20-13-7-4-5-8-15(13)25-3)22-17(23)11-10-14(21-22)16-9-6-12-26-16/h4-12H,1-3H3,(H,20,24). The van der Waals surface area contributed by atoms with Crippen LogP contribution in [0.1, 0.15) is 13.8 Å². The Labute approximate surface area is 155 Å². The normalized spacial score (nSPS) is 11.2. The number of nitrogens with one attached hydrogen (secondary N) is 1. The Hall–Kier alpha value is -2.93. The maximum atomic E-state index is 12.9. The molecular weight excluding hydrogens is 350 g/mol. The van der Waals surface area contributed by atoms with Gasteiger partial charge in [0.1, 0.15) is 17.0 Å². The van der Waals surface area contributed by atoms with Crippen molar-refractivity contribution in [2.75, 3.05) is 12.4 Å². The summed E-state index contributed by atoms with van der Waals surface area (Å²) in [6.07, 6.45) is 0. The molecule has 6 nitrogen and oxygen atoms in total. The van der Waals surface area contributed by atoms with E-state index in [0.29, 0.717) is 17.1 Å². The minimum atomic E-state index is -1.19. The van der Waals surface area contributed by atoms with Crippen molar-refractivity contribution in [3.63, 3.8) is 0 Å². The van der Waals surface area contributed by atoms with Gasteiger partial charge in [-0.05, 0) is 43.5 Å². The molecule has 134 valence electrons. The highest BCUT2D eigenvalue weighted by Crippen LogP contribution is 2.26. The fraction of sp³-hybridized carbons (Fsp3) is 0.211. The van der Waals surface area contributed by atoms with Gasteiger partial charge < -0.3 is 10.1 Å². The third-order valence-corrected chi connectivity index (χ3v) is 4.91. The molecule has 0 saturated carbocycles. The van der Waals surface area contributed by atoms with Crippen LogP contribution in [0.5, 0.6) is 5.75 Å². The number of carbonyl (C=O) groups is 1. The first kappa shape index (κ1) is 17.9. The number of amides is 1. The minimum Gasteiger partial charge on any atom is -0.495 e. The summed E-state index contributed by atoms with van der Waals surface area (Å²) in [6, 6.07) is 14.0. The third-order valence-electron chi connectivity index (χ3n) is 4.01. The zero-order valence-electron chi connectivity index (χ0n) is 14.7. The first-order chi connectivity index (χ1) is 12.4. The maximum Gasteiger partial charge on any atom is 0.267 e. The molecule has 3 rings (SSSR count). The van der Waals surface area contributed by atoms with Crippen molar-refractivity contribution in [1.29, 1.82) is 0 Å². The molecule has 1 N–H and O–H groups in total. The van der Waals surface area contributed by atoms with E-state index in [1.54, 1.807) is 38.1 Å². The van der Waals surface area contributed by atoms with Gasteiger partial charge in [-0.3, -0.25) is 9.59 Å². The zero-order chi connectivity index (χ0) is 18.7. The zero-order valence-corrected chi connectivity index (χ0v) is 15.5. The van der Waals surface area contributed by atoms with Gasteiger partial charge >= 0.3 is 0 Å². The Morgan fingerprint density at radius 2 is 1.92 bits per heavy atom. The Kier molecular flexibility index (Phi) is 4.90. The second kappa shape index (κ2) is 7.13. The van der Waals surface area contributed by atoms with Crippen molar-refractivity contribution in [3.05, 3.63) is 64.3 Å². The fourth-order valence-electron chi connectivity index (χ4n) is 2.49. The van der Waals surface area contributed by atoms with E-state index in [1.165, 1.54) is 29.2 Å². The lowest BCUT2D eigenvalue weighted by atomic mass is 10.0. The number of hydrogen-bond donors (Lipinski definition) is 1. The minimum absolute atomic E-state index is 0.342. The Morgan fingerprint density at radius 1 is 1.15 bits per heavy atom. The lowest BCUT2D eigenvalue weighted by Crippen LogP contribution is -2.47. The molecule has 0 bridgehead atoms. The summed E-state index contributed by atoms with van der Waals surface area (Å²) in [7, 11) is 1.53. The molecule has 0 unspecified atom stereocenters. The van der Waals surface area contributed by atoms with Crippen molar-refractivity contribution in [2.24, 2.45) is 0 Å². The van der Waals surface area contributed by atoms with Crippen LogP contribution in [0.25, 0.3) is 10.6 Å². The van der Waals surface area contributed by atoms with Gasteiger partial charge in [0.05, 0.1) is 17.7 Å². The molecule has 2 heterocycles. The van der Waals surface area contributed by atoms with Gasteiger partial charge in [-0.15, -0.1) is 11.3 Å². The second-order valence-electron chi connectivity index (χ2n) is 6.16. The number of benzene rings is 1. The van der Waals surface area contributed by atoms with Gasteiger partial charge in [0.2, 0.25) is 0 Å². The summed E-state index contributed by atoms with van der Waals surface area (Å²) in [4.78, 5) is 26.2. The van der Waals surface area contributed by atoms with E-state index in [1.807, 2.05) is 23.6 Å². The van der Waals surface area contributed by atoms with Gasteiger partial charge in [-0.2, -0.15) is 5.10 Å². The summed E-state index contributed by atoms with van der Waals surface area (Å²) < 4.78 is 6.47. The molecule has 0 fully saturated rings. The van der Waals surface area contributed by atoms with Crippen molar-refractivity contribution in [1.82, 2.24) is 9.78 Å². The van der Waals surface area contributed by atoms with Crippen LogP contribution in [-0.4, -0.2) is 22.8 Å². The van der Waals surface area contributed by atoms with E-state index in [9.17, 15) is 9.59 Å². The van der Waals surface area contributed by atoms with Gasteiger partial charge in [0, 0.05) is 6.07 Å². The van der Waals surface area contributed by atoms with Crippen LogP contribution >= 0.6 is 11.3 Å². The first-order valence-corrected chi connectivity index (χ1v) is 8.90. The van der Waals surface area contributed by atoms with E-state index >= 15 is 0 Å². The molecule has 0 aliphatic rings. The van der Waals surface area contributed by atoms with Crippen LogP contribution in [-0.2, 0) is 10.3 Å².